The average molecular weight is 475 g/mol. The smallest absolute Gasteiger partial charge is 0.410 e. The van der Waals surface area contributed by atoms with E-state index in [1.807, 2.05) is 0 Å². The molecule has 2 N–H and O–H groups in total. The average Bonchev–Trinajstić information content (AvgIpc) is 3.11. The van der Waals surface area contributed by atoms with E-state index in [1.165, 1.54) is 24.0 Å². The molecule has 2 heterocycles. The van der Waals surface area contributed by atoms with Crippen molar-refractivity contribution >= 4 is 18.0 Å². The van der Waals surface area contributed by atoms with Crippen LogP contribution in [0.4, 0.5) is 9.18 Å². The largest absolute Gasteiger partial charge is 0.460 e. The molecule has 0 radical (unpaired) electrons. The van der Waals surface area contributed by atoms with Crippen LogP contribution in [0.3, 0.4) is 0 Å². The van der Waals surface area contributed by atoms with Crippen molar-refractivity contribution < 1.29 is 33.4 Å². The highest BCUT2D eigenvalue weighted by Gasteiger charge is 2.36. The number of hydrogen-bond donors (Lipinski definition) is 2. The number of amides is 2. The summed E-state index contributed by atoms with van der Waals surface area (Å²) in [7, 11) is 0. The number of likely N-dealkylation sites (tertiary alicyclic amines) is 1. The molecule has 2 aliphatic rings. The molecule has 0 aromatic heterocycles. The number of carbonyl (C=O) groups excluding carboxylic acids is 3. The molecule has 34 heavy (non-hydrogen) atoms. The lowest BCUT2D eigenvalue weighted by Gasteiger charge is -2.35. The fourth-order valence-electron chi connectivity index (χ4n) is 3.85. The fourth-order valence-corrected chi connectivity index (χ4v) is 3.85. The highest BCUT2D eigenvalue weighted by molar-refractivity contribution is 5.80. The standard InChI is InChI=1S/C25H31FN2O6/c1-16(29)27-15-19-14-20(22(30)33-19)18-6-5-17(21(26)13-18)7-8-25(32)9-11-28(12-10-25)23(31)34-24(2,3)4/h5-6,13,19-20,32H,9-12,14-15H2,1-4H3,(H,27,29)/t19-,20?/m1/s1. The van der Waals surface area contributed by atoms with Gasteiger partial charge in [0, 0.05) is 39.3 Å². The number of aliphatic hydroxyl groups is 1. The van der Waals surface area contributed by atoms with Crippen LogP contribution in [0.1, 0.15) is 64.0 Å². The molecule has 2 fully saturated rings. The summed E-state index contributed by atoms with van der Waals surface area (Å²) in [6.45, 7) is 7.52. The van der Waals surface area contributed by atoms with Crippen LogP contribution >= 0.6 is 0 Å². The molecule has 2 atom stereocenters. The number of nitrogens with zero attached hydrogens (tertiary/aromatic N) is 1. The normalized spacial score (nSPS) is 21.8. The summed E-state index contributed by atoms with van der Waals surface area (Å²) in [4.78, 5) is 37.0. The Morgan fingerprint density at radius 1 is 1.32 bits per heavy atom. The van der Waals surface area contributed by atoms with Crippen LogP contribution in [0.25, 0.3) is 0 Å². The van der Waals surface area contributed by atoms with E-state index in [4.69, 9.17) is 9.47 Å². The van der Waals surface area contributed by atoms with E-state index in [1.54, 1.807) is 26.8 Å². The molecule has 0 aliphatic carbocycles. The second-order valence-corrected chi connectivity index (χ2v) is 9.77. The number of rotatable bonds is 3. The van der Waals surface area contributed by atoms with E-state index in [9.17, 15) is 23.9 Å². The summed E-state index contributed by atoms with van der Waals surface area (Å²) in [5, 5.41) is 13.4. The van der Waals surface area contributed by atoms with Crippen molar-refractivity contribution in [3.8, 4) is 11.8 Å². The summed E-state index contributed by atoms with van der Waals surface area (Å²) >= 11 is 0. The SMILES string of the molecule is CC(=O)NC[C@H]1CC(c2ccc(C#CC3(O)CCN(C(=O)OC(C)(C)C)CC3)c(F)c2)C(=O)O1. The van der Waals surface area contributed by atoms with Gasteiger partial charge in [-0.05, 0) is 38.5 Å². The monoisotopic (exact) mass is 474 g/mol. The lowest BCUT2D eigenvalue weighted by molar-refractivity contribution is -0.142. The minimum absolute atomic E-state index is 0.105. The number of esters is 1. The van der Waals surface area contributed by atoms with Gasteiger partial charge in [0.15, 0.2) is 0 Å². The molecule has 0 saturated carbocycles. The van der Waals surface area contributed by atoms with Gasteiger partial charge >= 0.3 is 12.1 Å². The Kier molecular flexibility index (Phi) is 7.51. The third kappa shape index (κ3) is 6.70. The fraction of sp³-hybridized carbons (Fsp3) is 0.560. The van der Waals surface area contributed by atoms with E-state index in [0.717, 1.165) is 0 Å². The molecule has 9 heteroatoms. The summed E-state index contributed by atoms with van der Waals surface area (Å²) in [6.07, 6.45) is -0.0959. The Morgan fingerprint density at radius 2 is 2.00 bits per heavy atom. The van der Waals surface area contributed by atoms with Gasteiger partial charge in [-0.1, -0.05) is 17.9 Å². The Bertz CT molecular complexity index is 1010. The molecule has 3 rings (SSSR count). The van der Waals surface area contributed by atoms with Crippen molar-refractivity contribution in [2.45, 2.75) is 70.2 Å². The van der Waals surface area contributed by atoms with Crippen LogP contribution < -0.4 is 5.32 Å². The van der Waals surface area contributed by atoms with Crippen molar-refractivity contribution in [2.75, 3.05) is 19.6 Å². The first-order valence-electron chi connectivity index (χ1n) is 11.3. The molecule has 1 aromatic carbocycles. The van der Waals surface area contributed by atoms with E-state index in [2.05, 4.69) is 17.2 Å². The molecular formula is C25H31FN2O6. The highest BCUT2D eigenvalue weighted by atomic mass is 19.1. The summed E-state index contributed by atoms with van der Waals surface area (Å²) in [6, 6.07) is 4.35. The number of nitrogens with one attached hydrogen (secondary N) is 1. The van der Waals surface area contributed by atoms with Gasteiger partial charge in [-0.25, -0.2) is 9.18 Å². The van der Waals surface area contributed by atoms with Crippen LogP contribution in [-0.2, 0) is 19.1 Å². The van der Waals surface area contributed by atoms with Gasteiger partial charge in [0.25, 0.3) is 0 Å². The molecule has 184 valence electrons. The first-order valence-corrected chi connectivity index (χ1v) is 11.3. The second kappa shape index (κ2) is 10.0. The second-order valence-electron chi connectivity index (χ2n) is 9.77. The molecular weight excluding hydrogens is 443 g/mol. The lowest BCUT2D eigenvalue weighted by atomic mass is 9.91. The number of hydrogen-bond acceptors (Lipinski definition) is 6. The van der Waals surface area contributed by atoms with E-state index < -0.39 is 41.1 Å². The number of ether oxygens (including phenoxy) is 2. The maximum Gasteiger partial charge on any atom is 0.410 e. The maximum atomic E-state index is 14.7. The molecule has 0 spiro atoms. The maximum absolute atomic E-state index is 14.7. The highest BCUT2D eigenvalue weighted by Crippen LogP contribution is 2.31. The Balaban J connectivity index is 1.62. The molecule has 1 aromatic rings. The quantitative estimate of drug-likeness (QED) is 0.515. The Labute approximate surface area is 198 Å². The van der Waals surface area contributed by atoms with Crippen molar-refractivity contribution in [1.82, 2.24) is 10.2 Å². The van der Waals surface area contributed by atoms with Crippen molar-refractivity contribution in [1.29, 1.82) is 0 Å². The zero-order chi connectivity index (χ0) is 25.1. The van der Waals surface area contributed by atoms with Crippen LogP contribution in [0.2, 0.25) is 0 Å². The first kappa shape index (κ1) is 25.5. The number of halogens is 1. The molecule has 2 amide bonds. The number of benzene rings is 1. The van der Waals surface area contributed by atoms with E-state index in [-0.39, 0.29) is 43.9 Å². The summed E-state index contributed by atoms with van der Waals surface area (Å²) in [5.74, 6) is 3.56. The number of piperidine rings is 1. The van der Waals surface area contributed by atoms with Gasteiger partial charge in [0.05, 0.1) is 18.0 Å². The predicted octanol–water partition coefficient (Wildman–Crippen LogP) is 2.47. The zero-order valence-electron chi connectivity index (χ0n) is 19.9. The minimum Gasteiger partial charge on any atom is -0.460 e. The van der Waals surface area contributed by atoms with E-state index in [0.29, 0.717) is 12.0 Å². The van der Waals surface area contributed by atoms with Crippen molar-refractivity contribution in [3.63, 3.8) is 0 Å². The lowest BCUT2D eigenvalue weighted by Crippen LogP contribution is -2.47. The molecule has 1 unspecified atom stereocenters. The van der Waals surface area contributed by atoms with Gasteiger partial charge in [-0.3, -0.25) is 9.59 Å². The molecule has 8 nitrogen and oxygen atoms in total. The van der Waals surface area contributed by atoms with Crippen molar-refractivity contribution in [2.24, 2.45) is 0 Å². The number of carbonyl (C=O) groups is 3. The summed E-state index contributed by atoms with van der Waals surface area (Å²) in [5.41, 5.74) is -1.36. The van der Waals surface area contributed by atoms with Gasteiger partial charge in [0.1, 0.15) is 23.1 Å². The van der Waals surface area contributed by atoms with Crippen LogP contribution in [-0.4, -0.2) is 64.9 Å². The minimum atomic E-state index is -1.34. The van der Waals surface area contributed by atoms with Crippen LogP contribution in [0, 0.1) is 17.7 Å². The third-order valence-corrected chi connectivity index (χ3v) is 5.71. The molecule has 2 aliphatic heterocycles. The van der Waals surface area contributed by atoms with Gasteiger partial charge in [0.2, 0.25) is 5.91 Å². The van der Waals surface area contributed by atoms with Crippen molar-refractivity contribution in [3.05, 3.63) is 35.1 Å². The van der Waals surface area contributed by atoms with Gasteiger partial charge < -0.3 is 24.8 Å². The topological polar surface area (TPSA) is 105 Å². The summed E-state index contributed by atoms with van der Waals surface area (Å²) < 4.78 is 25.3. The van der Waals surface area contributed by atoms with Crippen LogP contribution in [0.15, 0.2) is 18.2 Å². The molecule has 2 saturated heterocycles. The predicted molar refractivity (Wildman–Crippen MR) is 121 cm³/mol. The van der Waals surface area contributed by atoms with E-state index >= 15 is 0 Å². The third-order valence-electron chi connectivity index (χ3n) is 5.71. The first-order chi connectivity index (χ1) is 15.8. The Hall–Kier alpha value is -3.12. The van der Waals surface area contributed by atoms with Gasteiger partial charge in [-0.2, -0.15) is 0 Å². The molecule has 0 bridgehead atoms. The van der Waals surface area contributed by atoms with Gasteiger partial charge in [-0.15, -0.1) is 0 Å². The number of cyclic esters (lactones) is 1. The van der Waals surface area contributed by atoms with Crippen LogP contribution in [0.5, 0.6) is 0 Å². The Morgan fingerprint density at radius 3 is 2.59 bits per heavy atom. The zero-order valence-corrected chi connectivity index (χ0v) is 19.9.